The highest BCUT2D eigenvalue weighted by atomic mass is 32.2. The number of thioether (sulfide) groups is 2. The van der Waals surface area contributed by atoms with E-state index in [1.165, 1.54) is 15.9 Å². The lowest BCUT2D eigenvalue weighted by Gasteiger charge is -2.28. The van der Waals surface area contributed by atoms with E-state index >= 15 is 0 Å². The Balaban J connectivity index is 0.000000399. The molecule has 0 bridgehead atoms. The summed E-state index contributed by atoms with van der Waals surface area (Å²) in [4.78, 5) is 32.0. The van der Waals surface area contributed by atoms with E-state index in [0.717, 1.165) is 24.2 Å². The van der Waals surface area contributed by atoms with Gasteiger partial charge in [-0.2, -0.15) is 23.5 Å². The van der Waals surface area contributed by atoms with Gasteiger partial charge in [-0.05, 0) is 79.0 Å². The minimum absolute atomic E-state index is 0.106. The maximum Gasteiger partial charge on any atom is 0.153 e. The average Bonchev–Trinajstić information content (AvgIpc) is 2.95. The summed E-state index contributed by atoms with van der Waals surface area (Å²) in [6.45, 7) is 1.12. The van der Waals surface area contributed by atoms with Crippen LogP contribution in [0.2, 0.25) is 0 Å². The zero-order valence-corrected chi connectivity index (χ0v) is 25.3. The minimum atomic E-state index is -2.08. The number of benzene rings is 3. The number of rotatable bonds is 11. The second kappa shape index (κ2) is 20.4. The molecule has 0 unspecified atom stereocenters. The van der Waals surface area contributed by atoms with Gasteiger partial charge in [0.1, 0.15) is 6.29 Å². The molecule has 0 aromatic heterocycles. The van der Waals surface area contributed by atoms with E-state index in [-0.39, 0.29) is 11.6 Å². The number of hydrogen-bond donors (Lipinski definition) is 0. The molecule has 0 aliphatic rings. The molecule has 38 heavy (non-hydrogen) atoms. The van der Waals surface area contributed by atoms with Crippen molar-refractivity contribution in [3.05, 3.63) is 103 Å². The third-order valence-electron chi connectivity index (χ3n) is 5.15. The molecule has 0 N–H and O–H groups in total. The SMILES string of the molecule is CC(=O)C=P(c1ccccc1)(c1ccccc1)c1ccccc1.CSCC/C=C/C(C)=O.CSCCC=O. The predicted octanol–water partition coefficient (Wildman–Crippen LogP) is 6.19. The topological polar surface area (TPSA) is 51.2 Å². The summed E-state index contributed by atoms with van der Waals surface area (Å²) in [7, 11) is 0. The lowest BCUT2D eigenvalue weighted by Crippen LogP contribution is -2.28. The Labute approximate surface area is 237 Å². The van der Waals surface area contributed by atoms with Gasteiger partial charge >= 0.3 is 0 Å². The van der Waals surface area contributed by atoms with Gasteiger partial charge in [0, 0.05) is 6.42 Å². The summed E-state index contributed by atoms with van der Waals surface area (Å²) in [5, 5.41) is 3.60. The lowest BCUT2D eigenvalue weighted by atomic mass is 10.3. The fourth-order valence-electron chi connectivity index (χ4n) is 3.53. The maximum absolute atomic E-state index is 12.2. The first-order chi connectivity index (χ1) is 18.4. The van der Waals surface area contributed by atoms with Crippen molar-refractivity contribution in [1.82, 2.24) is 0 Å². The van der Waals surface area contributed by atoms with Crippen LogP contribution in [0.4, 0.5) is 0 Å². The lowest BCUT2D eigenvalue weighted by molar-refractivity contribution is -0.113. The van der Waals surface area contributed by atoms with Crippen molar-refractivity contribution in [3.8, 4) is 0 Å². The zero-order valence-electron chi connectivity index (χ0n) is 22.8. The van der Waals surface area contributed by atoms with Gasteiger partial charge in [0.05, 0.1) is 0 Å². The molecule has 3 aromatic carbocycles. The largest absolute Gasteiger partial charge is 0.303 e. The normalized spacial score (nSPS) is 10.4. The molecule has 0 heterocycles. The van der Waals surface area contributed by atoms with Crippen LogP contribution >= 0.6 is 30.4 Å². The van der Waals surface area contributed by atoms with Crippen molar-refractivity contribution in [2.75, 3.05) is 24.0 Å². The molecule has 0 amide bonds. The third kappa shape index (κ3) is 12.3. The smallest absolute Gasteiger partial charge is 0.153 e. The summed E-state index contributed by atoms with van der Waals surface area (Å²) in [5.74, 6) is 4.24. The molecule has 0 fully saturated rings. The van der Waals surface area contributed by atoms with Crippen molar-refractivity contribution >= 4 is 70.0 Å². The molecular formula is C32H39O3PS2. The van der Waals surface area contributed by atoms with Crippen LogP contribution < -0.4 is 15.9 Å². The standard InChI is InChI=1S/C21H19OP.C7H12OS.C4H8OS/c1-18(22)17-23(19-11-5-2-6-12-19,20-13-7-3-8-14-20)21-15-9-4-10-16-21;1-7(8)5-3-4-6-9-2;1-6-4-2-3-5/h2-17H,1H3;3,5H,4,6H2,1-2H3;3H,2,4H2,1H3/b;5-3+;. The van der Waals surface area contributed by atoms with Crippen LogP contribution in [0.1, 0.15) is 26.7 Å². The van der Waals surface area contributed by atoms with Gasteiger partial charge in [0.25, 0.3) is 0 Å². The van der Waals surface area contributed by atoms with Gasteiger partial charge < -0.3 is 4.79 Å². The van der Waals surface area contributed by atoms with Crippen LogP contribution in [-0.2, 0) is 14.4 Å². The molecule has 0 aliphatic carbocycles. The number of aldehydes is 1. The minimum Gasteiger partial charge on any atom is -0.303 e. The van der Waals surface area contributed by atoms with Crippen LogP contribution in [-0.4, -0.2) is 47.7 Å². The number of Topliss-reactive ketones (excluding diaryl/α,β-unsaturated/α-hetero) is 1. The van der Waals surface area contributed by atoms with Gasteiger partial charge in [-0.3, -0.25) is 9.59 Å². The number of carbonyl (C=O) groups excluding carboxylic acids is 3. The van der Waals surface area contributed by atoms with Crippen LogP contribution in [0.3, 0.4) is 0 Å². The van der Waals surface area contributed by atoms with Crippen molar-refractivity contribution < 1.29 is 14.4 Å². The molecule has 0 saturated carbocycles. The molecule has 0 saturated heterocycles. The van der Waals surface area contributed by atoms with Gasteiger partial charge in [0.2, 0.25) is 0 Å². The first kappa shape index (κ1) is 33.4. The van der Waals surface area contributed by atoms with E-state index in [2.05, 4.69) is 42.7 Å². The Hall–Kier alpha value is -2.59. The van der Waals surface area contributed by atoms with Crippen LogP contribution in [0.5, 0.6) is 0 Å². The van der Waals surface area contributed by atoms with E-state index in [1.807, 2.05) is 72.7 Å². The Kier molecular flexibility index (Phi) is 17.9. The van der Waals surface area contributed by atoms with E-state index in [0.29, 0.717) is 6.42 Å². The average molecular weight is 567 g/mol. The third-order valence-corrected chi connectivity index (χ3v) is 10.5. The van der Waals surface area contributed by atoms with E-state index in [4.69, 9.17) is 0 Å². The first-order valence-electron chi connectivity index (χ1n) is 12.4. The number of carbonyl (C=O) groups is 3. The summed E-state index contributed by atoms with van der Waals surface area (Å²) in [5.41, 5.74) is 0. The fraction of sp³-hybridized carbons (Fsp3) is 0.250. The van der Waals surface area contributed by atoms with E-state index < -0.39 is 6.89 Å². The fourth-order valence-corrected chi connectivity index (χ4v) is 8.05. The van der Waals surface area contributed by atoms with E-state index in [1.54, 1.807) is 43.4 Å². The van der Waals surface area contributed by atoms with Crippen LogP contribution in [0.25, 0.3) is 0 Å². The van der Waals surface area contributed by atoms with Crippen LogP contribution in [0, 0.1) is 0 Å². The molecule has 0 spiro atoms. The number of allylic oxidation sites excluding steroid dienone is 2. The Bertz CT molecular complexity index is 1060. The number of hydrogen-bond acceptors (Lipinski definition) is 5. The van der Waals surface area contributed by atoms with Gasteiger partial charge in [-0.1, -0.05) is 97.1 Å². The van der Waals surface area contributed by atoms with Crippen molar-refractivity contribution in [2.45, 2.75) is 26.7 Å². The quantitative estimate of drug-likeness (QED) is 0.120. The molecule has 0 radical (unpaired) electrons. The Morgan fingerprint density at radius 1 is 0.658 bits per heavy atom. The highest BCUT2D eigenvalue weighted by Gasteiger charge is 2.25. The Morgan fingerprint density at radius 3 is 1.34 bits per heavy atom. The van der Waals surface area contributed by atoms with Gasteiger partial charge in [-0.15, -0.1) is 0 Å². The molecule has 0 atom stereocenters. The van der Waals surface area contributed by atoms with Gasteiger partial charge in [0.15, 0.2) is 11.6 Å². The second-order valence-electron chi connectivity index (χ2n) is 8.21. The summed E-state index contributed by atoms with van der Waals surface area (Å²) in [6.07, 6.45) is 10.2. The number of ketones is 2. The zero-order chi connectivity index (χ0) is 28.1. The molecule has 3 rings (SSSR count). The summed E-state index contributed by atoms with van der Waals surface area (Å²) < 4.78 is 0. The Morgan fingerprint density at radius 2 is 1.05 bits per heavy atom. The van der Waals surface area contributed by atoms with Crippen molar-refractivity contribution in [2.24, 2.45) is 0 Å². The molecule has 3 aromatic rings. The maximum atomic E-state index is 12.2. The highest BCUT2D eigenvalue weighted by Crippen LogP contribution is 2.43. The predicted molar refractivity (Wildman–Crippen MR) is 174 cm³/mol. The summed E-state index contributed by atoms with van der Waals surface area (Å²) >= 11 is 3.49. The summed E-state index contributed by atoms with van der Waals surface area (Å²) in [6, 6.07) is 31.1. The molecular weight excluding hydrogens is 527 g/mol. The van der Waals surface area contributed by atoms with Gasteiger partial charge in [-0.25, -0.2) is 0 Å². The molecule has 3 nitrogen and oxygen atoms in total. The van der Waals surface area contributed by atoms with Crippen molar-refractivity contribution in [1.29, 1.82) is 0 Å². The first-order valence-corrected chi connectivity index (χ1v) is 17.1. The molecule has 202 valence electrons. The monoisotopic (exact) mass is 566 g/mol. The molecule has 6 heteroatoms. The van der Waals surface area contributed by atoms with E-state index in [9.17, 15) is 14.4 Å². The molecule has 0 aliphatic heterocycles. The second-order valence-corrected chi connectivity index (χ2v) is 13.4. The highest BCUT2D eigenvalue weighted by molar-refractivity contribution is 7.98. The van der Waals surface area contributed by atoms with Crippen molar-refractivity contribution in [3.63, 3.8) is 0 Å². The van der Waals surface area contributed by atoms with Crippen LogP contribution in [0.15, 0.2) is 103 Å².